The summed E-state index contributed by atoms with van der Waals surface area (Å²) in [6, 6.07) is 8.48. The third-order valence-corrected chi connectivity index (χ3v) is 2.50. The average molecular weight is 271 g/mol. The van der Waals surface area contributed by atoms with Gasteiger partial charge in [-0.1, -0.05) is 42.0 Å². The number of benzene rings is 1. The second-order valence-electron chi connectivity index (χ2n) is 4.17. The molecule has 0 fully saturated rings. The first kappa shape index (κ1) is 17.5. The van der Waals surface area contributed by atoms with E-state index >= 15 is 0 Å². The molecule has 0 aromatic heterocycles. The molecule has 2 rings (SSSR count). The van der Waals surface area contributed by atoms with Gasteiger partial charge < -0.3 is 9.47 Å². The van der Waals surface area contributed by atoms with Crippen LogP contribution in [0.1, 0.15) is 18.1 Å². The minimum Gasteiger partial charge on any atom is -0.451 e. The zero-order valence-electron chi connectivity index (χ0n) is 12.2. The smallest absolute Gasteiger partial charge is 0.262 e. The van der Waals surface area contributed by atoms with Crippen molar-refractivity contribution in [3.8, 4) is 12.8 Å². The Hall–Kier alpha value is -2.47. The third-order valence-electron chi connectivity index (χ3n) is 2.50. The van der Waals surface area contributed by atoms with Crippen LogP contribution in [-0.4, -0.2) is 12.7 Å². The highest BCUT2D eigenvalue weighted by atomic mass is 16.7. The van der Waals surface area contributed by atoms with Crippen LogP contribution in [0, 0.1) is 32.1 Å². The standard InChI is InChI=1S/C8H10.C7H9NO2.C2H2/c1-7-3-5-8(2)6-4-7;1-5-3-7(9-4-8)10-6(5)2;1-2/h3-6H,1-2H3;3-4,7-8H,2H2,1H3;1-2H. The molecule has 1 aromatic rings. The summed E-state index contributed by atoms with van der Waals surface area (Å²) >= 11 is 0. The van der Waals surface area contributed by atoms with Crippen LogP contribution in [0.3, 0.4) is 0 Å². The van der Waals surface area contributed by atoms with Gasteiger partial charge in [-0.3, -0.25) is 5.41 Å². The second-order valence-corrected chi connectivity index (χ2v) is 4.17. The van der Waals surface area contributed by atoms with Crippen LogP contribution in [0.15, 0.2) is 48.3 Å². The lowest BCUT2D eigenvalue weighted by atomic mass is 10.2. The first-order valence-electron chi connectivity index (χ1n) is 6.08. The summed E-state index contributed by atoms with van der Waals surface area (Å²) in [6.45, 7) is 9.70. The molecule has 0 amide bonds. The Kier molecular flexibility index (Phi) is 8.29. The minimum atomic E-state index is -0.440. The Morgan fingerprint density at radius 3 is 1.90 bits per heavy atom. The van der Waals surface area contributed by atoms with E-state index in [0.29, 0.717) is 5.76 Å². The molecule has 0 bridgehead atoms. The van der Waals surface area contributed by atoms with Crippen molar-refractivity contribution in [3.63, 3.8) is 0 Å². The van der Waals surface area contributed by atoms with Crippen molar-refractivity contribution in [1.82, 2.24) is 0 Å². The highest BCUT2D eigenvalue weighted by Crippen LogP contribution is 2.20. The predicted molar refractivity (Wildman–Crippen MR) is 83.4 cm³/mol. The molecule has 1 N–H and O–H groups in total. The third kappa shape index (κ3) is 6.46. The van der Waals surface area contributed by atoms with Gasteiger partial charge in [0.15, 0.2) is 6.40 Å². The molecule has 106 valence electrons. The van der Waals surface area contributed by atoms with Crippen LogP contribution < -0.4 is 0 Å². The highest BCUT2D eigenvalue weighted by Gasteiger charge is 2.16. The number of rotatable bonds is 2. The lowest BCUT2D eigenvalue weighted by Crippen LogP contribution is -2.06. The molecule has 0 radical (unpaired) electrons. The van der Waals surface area contributed by atoms with E-state index < -0.39 is 6.29 Å². The quantitative estimate of drug-likeness (QED) is 0.502. The van der Waals surface area contributed by atoms with Crippen LogP contribution in [0.4, 0.5) is 0 Å². The molecule has 0 saturated heterocycles. The van der Waals surface area contributed by atoms with Crippen LogP contribution in [0.25, 0.3) is 0 Å². The Morgan fingerprint density at radius 1 is 1.15 bits per heavy atom. The molecular formula is C17H21NO2. The first-order valence-corrected chi connectivity index (χ1v) is 6.08. The van der Waals surface area contributed by atoms with Crippen molar-refractivity contribution in [1.29, 1.82) is 5.41 Å². The van der Waals surface area contributed by atoms with Crippen LogP contribution in [0.5, 0.6) is 0 Å². The summed E-state index contributed by atoms with van der Waals surface area (Å²) in [4.78, 5) is 0. The number of allylic oxidation sites excluding steroid dienone is 1. The van der Waals surface area contributed by atoms with Gasteiger partial charge in [-0.05, 0) is 26.3 Å². The van der Waals surface area contributed by atoms with Crippen molar-refractivity contribution >= 4 is 6.40 Å². The molecule has 1 unspecified atom stereocenters. The molecule has 1 aromatic carbocycles. The van der Waals surface area contributed by atoms with Crippen molar-refractivity contribution < 1.29 is 9.47 Å². The molecule has 1 aliphatic heterocycles. The van der Waals surface area contributed by atoms with Crippen molar-refractivity contribution in [3.05, 3.63) is 59.4 Å². The normalized spacial score (nSPS) is 15.6. The fourth-order valence-electron chi connectivity index (χ4n) is 1.34. The topological polar surface area (TPSA) is 42.3 Å². The van der Waals surface area contributed by atoms with Crippen LogP contribution in [0.2, 0.25) is 0 Å². The van der Waals surface area contributed by atoms with Crippen LogP contribution >= 0.6 is 0 Å². The summed E-state index contributed by atoms with van der Waals surface area (Å²) in [6.07, 6.45) is 10.2. The molecule has 3 nitrogen and oxygen atoms in total. The lowest BCUT2D eigenvalue weighted by Gasteiger charge is -2.06. The maximum atomic E-state index is 6.61. The molecular weight excluding hydrogens is 250 g/mol. The molecule has 20 heavy (non-hydrogen) atoms. The van der Waals surface area contributed by atoms with E-state index in [1.807, 2.05) is 6.92 Å². The van der Waals surface area contributed by atoms with E-state index in [2.05, 4.69) is 57.5 Å². The largest absolute Gasteiger partial charge is 0.451 e. The Balaban J connectivity index is 0.000000327. The fraction of sp³-hybridized carbons (Fsp3) is 0.235. The summed E-state index contributed by atoms with van der Waals surface area (Å²) in [5, 5.41) is 6.61. The maximum Gasteiger partial charge on any atom is 0.262 e. The van der Waals surface area contributed by atoms with Gasteiger partial charge in [-0.2, -0.15) is 0 Å². The monoisotopic (exact) mass is 271 g/mol. The fourth-order valence-corrected chi connectivity index (χ4v) is 1.34. The van der Waals surface area contributed by atoms with Gasteiger partial charge in [0.05, 0.1) is 0 Å². The van der Waals surface area contributed by atoms with E-state index in [1.54, 1.807) is 6.08 Å². The molecule has 0 saturated carbocycles. The number of aryl methyl sites for hydroxylation is 2. The SMILES string of the molecule is C#C.C=C1OC(OC=N)C=C1C.Cc1ccc(C)cc1. The average Bonchev–Trinajstić information content (AvgIpc) is 2.75. The van der Waals surface area contributed by atoms with Gasteiger partial charge in [-0.15, -0.1) is 12.8 Å². The Labute approximate surface area is 121 Å². The second kappa shape index (κ2) is 9.46. The molecule has 1 aliphatic rings. The van der Waals surface area contributed by atoms with Gasteiger partial charge in [0.2, 0.25) is 0 Å². The number of hydrogen-bond acceptors (Lipinski definition) is 3. The molecule has 1 heterocycles. The van der Waals surface area contributed by atoms with E-state index in [0.717, 1.165) is 12.0 Å². The Bertz CT molecular complexity index is 462. The van der Waals surface area contributed by atoms with Crippen molar-refractivity contribution in [2.75, 3.05) is 0 Å². The predicted octanol–water partition coefficient (Wildman–Crippen LogP) is 3.98. The summed E-state index contributed by atoms with van der Waals surface area (Å²) in [5.41, 5.74) is 3.62. The minimum absolute atomic E-state index is 0.440. The summed E-state index contributed by atoms with van der Waals surface area (Å²) in [7, 11) is 0. The van der Waals surface area contributed by atoms with Gasteiger partial charge in [0.1, 0.15) is 5.76 Å². The van der Waals surface area contributed by atoms with Crippen LogP contribution in [-0.2, 0) is 9.47 Å². The number of nitrogens with one attached hydrogen (secondary N) is 1. The zero-order valence-corrected chi connectivity index (χ0v) is 12.2. The summed E-state index contributed by atoms with van der Waals surface area (Å²) < 4.78 is 9.78. The maximum absolute atomic E-state index is 6.61. The van der Waals surface area contributed by atoms with Crippen molar-refractivity contribution in [2.24, 2.45) is 0 Å². The highest BCUT2D eigenvalue weighted by molar-refractivity contribution is 5.42. The van der Waals surface area contributed by atoms with Gasteiger partial charge in [-0.25, -0.2) is 0 Å². The lowest BCUT2D eigenvalue weighted by molar-refractivity contribution is 0.00583. The van der Waals surface area contributed by atoms with E-state index in [9.17, 15) is 0 Å². The Morgan fingerprint density at radius 2 is 1.60 bits per heavy atom. The number of terminal acetylenes is 1. The number of ether oxygens (including phenoxy) is 2. The van der Waals surface area contributed by atoms with Gasteiger partial charge in [0.25, 0.3) is 6.29 Å². The van der Waals surface area contributed by atoms with Gasteiger partial charge in [0, 0.05) is 6.08 Å². The molecule has 3 heteroatoms. The van der Waals surface area contributed by atoms with E-state index in [1.165, 1.54) is 11.1 Å². The molecule has 0 aliphatic carbocycles. The first-order chi connectivity index (χ1) is 9.52. The number of hydrogen-bond donors (Lipinski definition) is 1. The van der Waals surface area contributed by atoms with Gasteiger partial charge >= 0.3 is 0 Å². The summed E-state index contributed by atoms with van der Waals surface area (Å²) in [5.74, 6) is 0.617. The van der Waals surface area contributed by atoms with Crippen molar-refractivity contribution in [2.45, 2.75) is 27.1 Å². The molecule has 0 spiro atoms. The molecule has 1 atom stereocenters. The van der Waals surface area contributed by atoms with E-state index in [-0.39, 0.29) is 0 Å². The van der Waals surface area contributed by atoms with E-state index in [4.69, 9.17) is 14.9 Å². The zero-order chi connectivity index (χ0) is 15.5.